The van der Waals surface area contributed by atoms with Gasteiger partial charge < -0.3 is 15.5 Å². The van der Waals surface area contributed by atoms with Gasteiger partial charge in [-0.15, -0.1) is 0 Å². The molecule has 1 atom stereocenters. The molecule has 1 heterocycles. The van der Waals surface area contributed by atoms with Crippen molar-refractivity contribution in [2.24, 2.45) is 0 Å². The molecule has 0 spiro atoms. The molecule has 13 heteroatoms. The van der Waals surface area contributed by atoms with Crippen LogP contribution in [-0.4, -0.2) is 39.5 Å². The van der Waals surface area contributed by atoms with Crippen molar-refractivity contribution >= 4 is 33.6 Å². The van der Waals surface area contributed by atoms with Crippen LogP contribution in [0.2, 0.25) is 0 Å². The Morgan fingerprint density at radius 2 is 1.56 bits per heavy atom. The van der Waals surface area contributed by atoms with E-state index in [0.29, 0.717) is 27.7 Å². The lowest BCUT2D eigenvalue weighted by Crippen LogP contribution is -2.53. The summed E-state index contributed by atoms with van der Waals surface area (Å²) in [5.41, 5.74) is -5.84. The SMILES string of the molecule is O=C(Nc1ccc(C(O)(C(F)(F)F)C(F)(F)F)cc1)C1c2ccc(Br)cc2CN1C(=O)O. The Morgan fingerprint density at radius 3 is 2.06 bits per heavy atom. The van der Waals surface area contributed by atoms with Crippen LogP contribution in [0.3, 0.4) is 0 Å². The fourth-order valence-corrected chi connectivity index (χ4v) is 3.78. The lowest BCUT2D eigenvalue weighted by atomic mass is 9.92. The second kappa shape index (κ2) is 7.96. The summed E-state index contributed by atoms with van der Waals surface area (Å²) in [4.78, 5) is 25.1. The van der Waals surface area contributed by atoms with Gasteiger partial charge in [0.15, 0.2) is 0 Å². The van der Waals surface area contributed by atoms with Gasteiger partial charge in [-0.1, -0.05) is 34.1 Å². The molecule has 2 amide bonds. The fourth-order valence-electron chi connectivity index (χ4n) is 3.37. The van der Waals surface area contributed by atoms with Crippen molar-refractivity contribution in [1.82, 2.24) is 4.90 Å². The maximum Gasteiger partial charge on any atom is 0.430 e. The number of anilines is 1. The molecule has 0 saturated heterocycles. The van der Waals surface area contributed by atoms with Crippen molar-refractivity contribution in [2.75, 3.05) is 5.32 Å². The van der Waals surface area contributed by atoms with E-state index < -0.39 is 41.6 Å². The summed E-state index contributed by atoms with van der Waals surface area (Å²) in [7, 11) is 0. The summed E-state index contributed by atoms with van der Waals surface area (Å²) in [6.07, 6.45) is -13.5. The van der Waals surface area contributed by atoms with Gasteiger partial charge in [-0.2, -0.15) is 26.3 Å². The minimum absolute atomic E-state index is 0.0919. The van der Waals surface area contributed by atoms with Crippen LogP contribution in [0.5, 0.6) is 0 Å². The molecule has 6 nitrogen and oxygen atoms in total. The molecule has 0 aromatic heterocycles. The average Bonchev–Trinajstić information content (AvgIpc) is 3.05. The standard InChI is InChI=1S/C19H13BrF6N2O4/c20-11-3-6-13-9(7-11)8-28(16(30)31)14(13)15(29)27-12-4-1-10(2-5-12)17(32,18(21,22)23)19(24,25)26/h1-7,14,32H,8H2,(H,27,29)(H,30,31). The third-order valence-corrected chi connectivity index (χ3v) is 5.43. The van der Waals surface area contributed by atoms with Gasteiger partial charge in [-0.05, 0) is 35.4 Å². The van der Waals surface area contributed by atoms with E-state index in [0.717, 1.165) is 17.0 Å². The maximum absolute atomic E-state index is 13.0. The number of halogens is 7. The lowest BCUT2D eigenvalue weighted by Gasteiger charge is -2.32. The van der Waals surface area contributed by atoms with Crippen molar-refractivity contribution in [3.63, 3.8) is 0 Å². The minimum Gasteiger partial charge on any atom is -0.465 e. The van der Waals surface area contributed by atoms with Gasteiger partial charge in [0.2, 0.25) is 0 Å². The molecule has 2 aromatic carbocycles. The molecule has 2 aromatic rings. The van der Waals surface area contributed by atoms with E-state index >= 15 is 0 Å². The summed E-state index contributed by atoms with van der Waals surface area (Å²) >= 11 is 3.24. The van der Waals surface area contributed by atoms with Crippen LogP contribution in [-0.2, 0) is 16.9 Å². The highest BCUT2D eigenvalue weighted by atomic mass is 79.9. The van der Waals surface area contributed by atoms with E-state index in [-0.39, 0.29) is 12.2 Å². The number of hydrogen-bond acceptors (Lipinski definition) is 3. The van der Waals surface area contributed by atoms with Crippen molar-refractivity contribution < 1.29 is 46.1 Å². The summed E-state index contributed by atoms with van der Waals surface area (Å²) in [5.74, 6) is -0.858. The van der Waals surface area contributed by atoms with Gasteiger partial charge in [0.25, 0.3) is 11.5 Å². The summed E-state index contributed by atoms with van der Waals surface area (Å²) < 4.78 is 78.6. The molecular weight excluding hydrogens is 514 g/mol. The van der Waals surface area contributed by atoms with Gasteiger partial charge in [-0.25, -0.2) is 4.79 Å². The maximum atomic E-state index is 13.0. The van der Waals surface area contributed by atoms with Gasteiger partial charge in [-0.3, -0.25) is 9.69 Å². The van der Waals surface area contributed by atoms with Crippen molar-refractivity contribution in [3.05, 3.63) is 63.6 Å². The Bertz CT molecular complexity index is 1040. The minimum atomic E-state index is -6.04. The third kappa shape index (κ3) is 4.01. The zero-order valence-corrected chi connectivity index (χ0v) is 17.2. The Hall–Kier alpha value is -2.80. The van der Waals surface area contributed by atoms with Crippen LogP contribution >= 0.6 is 15.9 Å². The molecule has 1 aliphatic rings. The van der Waals surface area contributed by atoms with Gasteiger partial charge in [0.05, 0.1) is 6.54 Å². The zero-order chi connectivity index (χ0) is 24.1. The number of amides is 2. The quantitative estimate of drug-likeness (QED) is 0.494. The number of nitrogens with zero attached hydrogens (tertiary/aromatic N) is 1. The first-order valence-corrected chi connectivity index (χ1v) is 9.51. The molecule has 3 rings (SSSR count). The number of nitrogens with one attached hydrogen (secondary N) is 1. The molecule has 0 radical (unpaired) electrons. The first-order valence-electron chi connectivity index (χ1n) is 8.72. The number of fused-ring (bicyclic) bond motifs is 1. The van der Waals surface area contributed by atoms with E-state index in [1.807, 2.05) is 0 Å². The van der Waals surface area contributed by atoms with Crippen LogP contribution < -0.4 is 5.32 Å². The highest BCUT2D eigenvalue weighted by Crippen LogP contribution is 2.50. The monoisotopic (exact) mass is 526 g/mol. The summed E-state index contributed by atoms with van der Waals surface area (Å²) in [5, 5.41) is 21.1. The third-order valence-electron chi connectivity index (χ3n) is 4.94. The predicted molar refractivity (Wildman–Crippen MR) is 102 cm³/mol. The normalized spacial score (nSPS) is 16.6. The molecule has 0 bridgehead atoms. The Labute approximate surface area is 184 Å². The molecule has 1 aliphatic heterocycles. The van der Waals surface area contributed by atoms with Gasteiger partial charge in [0, 0.05) is 15.7 Å². The highest BCUT2D eigenvalue weighted by Gasteiger charge is 2.71. The second-order valence-electron chi connectivity index (χ2n) is 6.93. The van der Waals surface area contributed by atoms with Crippen LogP contribution in [0.4, 0.5) is 36.8 Å². The summed E-state index contributed by atoms with van der Waals surface area (Å²) in [6, 6.07) is 5.73. The average molecular weight is 527 g/mol. The van der Waals surface area contributed by atoms with E-state index in [4.69, 9.17) is 0 Å². The molecule has 3 N–H and O–H groups in total. The zero-order valence-electron chi connectivity index (χ0n) is 15.6. The Balaban J connectivity index is 1.89. The number of carbonyl (C=O) groups is 2. The van der Waals surface area contributed by atoms with Crippen LogP contribution in [0.25, 0.3) is 0 Å². The molecule has 0 saturated carbocycles. The van der Waals surface area contributed by atoms with E-state index in [1.165, 1.54) is 6.07 Å². The van der Waals surface area contributed by atoms with Crippen molar-refractivity contribution in [1.29, 1.82) is 0 Å². The first kappa shape index (κ1) is 23.9. The smallest absolute Gasteiger partial charge is 0.430 e. The molecule has 0 aliphatic carbocycles. The fraction of sp³-hybridized carbons (Fsp3) is 0.263. The number of alkyl halides is 6. The lowest BCUT2D eigenvalue weighted by molar-refractivity contribution is -0.376. The molecule has 1 unspecified atom stereocenters. The molecular formula is C19H13BrF6N2O4. The largest absolute Gasteiger partial charge is 0.465 e. The number of hydrogen-bond donors (Lipinski definition) is 3. The van der Waals surface area contributed by atoms with E-state index in [2.05, 4.69) is 21.2 Å². The van der Waals surface area contributed by atoms with Crippen LogP contribution in [0.15, 0.2) is 46.9 Å². The van der Waals surface area contributed by atoms with Crippen LogP contribution in [0, 0.1) is 0 Å². The Morgan fingerprint density at radius 1 is 1.00 bits per heavy atom. The van der Waals surface area contributed by atoms with Crippen molar-refractivity contribution in [3.8, 4) is 0 Å². The van der Waals surface area contributed by atoms with E-state index in [9.17, 15) is 46.1 Å². The van der Waals surface area contributed by atoms with Crippen molar-refractivity contribution in [2.45, 2.75) is 30.5 Å². The van der Waals surface area contributed by atoms with E-state index in [1.54, 1.807) is 12.1 Å². The molecule has 0 fully saturated rings. The number of carbonyl (C=O) groups excluding carboxylic acids is 1. The number of aliphatic hydroxyl groups is 1. The number of carboxylic acid groups (broad SMARTS) is 1. The van der Waals surface area contributed by atoms with Gasteiger partial charge in [0.1, 0.15) is 6.04 Å². The second-order valence-corrected chi connectivity index (χ2v) is 7.84. The topological polar surface area (TPSA) is 89.9 Å². The van der Waals surface area contributed by atoms with Gasteiger partial charge >= 0.3 is 18.4 Å². The first-order chi connectivity index (χ1) is 14.7. The molecule has 32 heavy (non-hydrogen) atoms. The summed E-state index contributed by atoms with van der Waals surface area (Å²) in [6.45, 7) is -0.0919. The molecule has 172 valence electrons. The number of rotatable bonds is 3. The predicted octanol–water partition coefficient (Wildman–Crippen LogP) is 4.93. The van der Waals surface area contributed by atoms with Crippen LogP contribution in [0.1, 0.15) is 22.7 Å². The highest BCUT2D eigenvalue weighted by molar-refractivity contribution is 9.10. The number of benzene rings is 2. The Kier molecular flexibility index (Phi) is 5.93.